The molecule has 2 heteroatoms. The van der Waals surface area contributed by atoms with E-state index in [9.17, 15) is 5.11 Å². The first kappa shape index (κ1) is 17.9. The van der Waals surface area contributed by atoms with E-state index < -0.39 is 0 Å². The number of hydrogen-bond acceptors (Lipinski definition) is 2. The van der Waals surface area contributed by atoms with Gasteiger partial charge in [0.05, 0.1) is 6.61 Å². The minimum absolute atomic E-state index is 0.361. The van der Waals surface area contributed by atoms with Crippen LogP contribution in [0.4, 0.5) is 0 Å². The van der Waals surface area contributed by atoms with Gasteiger partial charge in [0, 0.05) is 0 Å². The maximum absolute atomic E-state index is 9.81. The minimum atomic E-state index is 0.361. The lowest BCUT2D eigenvalue weighted by Crippen LogP contribution is -2.07. The van der Waals surface area contributed by atoms with E-state index in [2.05, 4.69) is 20.8 Å². The van der Waals surface area contributed by atoms with Crippen LogP contribution in [0.5, 0.6) is 11.5 Å². The highest BCUT2D eigenvalue weighted by Crippen LogP contribution is 2.32. The van der Waals surface area contributed by atoms with Crippen molar-refractivity contribution >= 4 is 0 Å². The van der Waals surface area contributed by atoms with Crippen molar-refractivity contribution in [1.82, 2.24) is 0 Å². The lowest BCUT2D eigenvalue weighted by molar-refractivity contribution is 0.272. The minimum Gasteiger partial charge on any atom is -0.508 e. The Bertz CT molecular complexity index is 449. The van der Waals surface area contributed by atoms with E-state index in [0.717, 1.165) is 41.4 Å². The van der Waals surface area contributed by atoms with E-state index in [1.165, 1.54) is 19.3 Å². The van der Waals surface area contributed by atoms with Gasteiger partial charge in [0.25, 0.3) is 0 Å². The number of phenolic OH excluding ortho intramolecular Hbond substituents is 1. The fraction of sp³-hybridized carbons (Fsp3) is 0.684. The lowest BCUT2D eigenvalue weighted by atomic mass is 9.97. The molecular formula is C19H32O2. The zero-order valence-corrected chi connectivity index (χ0v) is 14.6. The SMILES string of the molecule is Cc1cc(O)c(C)c(C)c1OCCC(C)CCCC(C)C. The molecule has 0 amide bonds. The number of rotatable bonds is 8. The monoisotopic (exact) mass is 292 g/mol. The van der Waals surface area contributed by atoms with Gasteiger partial charge in [-0.05, 0) is 61.8 Å². The summed E-state index contributed by atoms with van der Waals surface area (Å²) in [5, 5.41) is 9.81. The van der Waals surface area contributed by atoms with Crippen LogP contribution in [0.15, 0.2) is 6.07 Å². The van der Waals surface area contributed by atoms with E-state index in [-0.39, 0.29) is 0 Å². The van der Waals surface area contributed by atoms with Crippen molar-refractivity contribution in [2.24, 2.45) is 11.8 Å². The van der Waals surface area contributed by atoms with Gasteiger partial charge in [-0.25, -0.2) is 0 Å². The van der Waals surface area contributed by atoms with Gasteiger partial charge in [-0.15, -0.1) is 0 Å². The van der Waals surface area contributed by atoms with Crippen LogP contribution in [0.3, 0.4) is 0 Å². The number of aromatic hydroxyl groups is 1. The molecule has 0 radical (unpaired) electrons. The number of aryl methyl sites for hydroxylation is 1. The van der Waals surface area contributed by atoms with Gasteiger partial charge in [-0.1, -0.05) is 40.0 Å². The van der Waals surface area contributed by atoms with Gasteiger partial charge in [-0.2, -0.15) is 0 Å². The maximum Gasteiger partial charge on any atom is 0.125 e. The average Bonchev–Trinajstić information content (AvgIpc) is 2.39. The van der Waals surface area contributed by atoms with Gasteiger partial charge in [0.1, 0.15) is 11.5 Å². The zero-order chi connectivity index (χ0) is 16.0. The number of benzene rings is 1. The molecule has 21 heavy (non-hydrogen) atoms. The Hall–Kier alpha value is -1.18. The van der Waals surface area contributed by atoms with Gasteiger partial charge in [0.15, 0.2) is 0 Å². The molecule has 0 heterocycles. The molecule has 0 saturated heterocycles. The number of phenols is 1. The summed E-state index contributed by atoms with van der Waals surface area (Å²) in [6.07, 6.45) is 5.01. The number of ether oxygens (including phenoxy) is 1. The molecule has 1 rings (SSSR count). The third-order valence-electron chi connectivity index (χ3n) is 4.33. The van der Waals surface area contributed by atoms with Crippen molar-refractivity contribution < 1.29 is 9.84 Å². The van der Waals surface area contributed by atoms with Crippen molar-refractivity contribution in [1.29, 1.82) is 0 Å². The largest absolute Gasteiger partial charge is 0.508 e. The molecule has 1 aromatic carbocycles. The Balaban J connectivity index is 2.44. The zero-order valence-electron chi connectivity index (χ0n) is 14.6. The summed E-state index contributed by atoms with van der Waals surface area (Å²) in [7, 11) is 0. The van der Waals surface area contributed by atoms with Crippen molar-refractivity contribution in [2.75, 3.05) is 6.61 Å². The lowest BCUT2D eigenvalue weighted by Gasteiger charge is -2.17. The first-order valence-electron chi connectivity index (χ1n) is 8.25. The van der Waals surface area contributed by atoms with E-state index in [1.54, 1.807) is 6.07 Å². The van der Waals surface area contributed by atoms with Crippen LogP contribution in [-0.4, -0.2) is 11.7 Å². The molecule has 2 nitrogen and oxygen atoms in total. The third-order valence-corrected chi connectivity index (χ3v) is 4.33. The molecule has 120 valence electrons. The summed E-state index contributed by atoms with van der Waals surface area (Å²) in [5.41, 5.74) is 2.99. The predicted molar refractivity (Wildman–Crippen MR) is 90.3 cm³/mol. The van der Waals surface area contributed by atoms with Crippen molar-refractivity contribution in [2.45, 2.75) is 67.2 Å². The molecule has 1 aromatic rings. The van der Waals surface area contributed by atoms with Gasteiger partial charge in [0.2, 0.25) is 0 Å². The van der Waals surface area contributed by atoms with Crippen LogP contribution in [0.25, 0.3) is 0 Å². The van der Waals surface area contributed by atoms with E-state index in [4.69, 9.17) is 4.74 Å². The Morgan fingerprint density at radius 3 is 2.29 bits per heavy atom. The van der Waals surface area contributed by atoms with Crippen LogP contribution >= 0.6 is 0 Å². The quantitative estimate of drug-likeness (QED) is 0.680. The Morgan fingerprint density at radius 2 is 1.67 bits per heavy atom. The molecular weight excluding hydrogens is 260 g/mol. The Kier molecular flexibility index (Phi) is 7.07. The van der Waals surface area contributed by atoms with Crippen LogP contribution < -0.4 is 4.74 Å². The summed E-state index contributed by atoms with van der Waals surface area (Å²) >= 11 is 0. The summed E-state index contributed by atoms with van der Waals surface area (Å²) in [4.78, 5) is 0. The van der Waals surface area contributed by atoms with Crippen molar-refractivity contribution in [3.63, 3.8) is 0 Å². The molecule has 0 aliphatic heterocycles. The second-order valence-electron chi connectivity index (χ2n) is 6.86. The normalized spacial score (nSPS) is 12.7. The van der Waals surface area contributed by atoms with Gasteiger partial charge >= 0.3 is 0 Å². The van der Waals surface area contributed by atoms with E-state index in [0.29, 0.717) is 11.7 Å². The van der Waals surface area contributed by atoms with Crippen molar-refractivity contribution in [3.05, 3.63) is 22.8 Å². The second kappa shape index (κ2) is 8.31. The molecule has 1 N–H and O–H groups in total. The molecule has 0 bridgehead atoms. The fourth-order valence-electron chi connectivity index (χ4n) is 2.64. The van der Waals surface area contributed by atoms with Crippen molar-refractivity contribution in [3.8, 4) is 11.5 Å². The highest BCUT2D eigenvalue weighted by molar-refractivity contribution is 5.51. The summed E-state index contributed by atoms with van der Waals surface area (Å²) in [5.74, 6) is 2.82. The van der Waals surface area contributed by atoms with E-state index in [1.807, 2.05) is 20.8 Å². The smallest absolute Gasteiger partial charge is 0.125 e. The summed E-state index contributed by atoms with van der Waals surface area (Å²) < 4.78 is 5.99. The first-order valence-corrected chi connectivity index (χ1v) is 8.25. The summed E-state index contributed by atoms with van der Waals surface area (Å²) in [6, 6.07) is 1.80. The maximum atomic E-state index is 9.81. The fourth-order valence-corrected chi connectivity index (χ4v) is 2.64. The summed E-state index contributed by atoms with van der Waals surface area (Å²) in [6.45, 7) is 13.6. The molecule has 1 atom stereocenters. The topological polar surface area (TPSA) is 29.5 Å². The Labute approximate surface area is 130 Å². The third kappa shape index (κ3) is 5.61. The predicted octanol–water partition coefficient (Wildman–Crippen LogP) is 5.55. The molecule has 0 saturated carbocycles. The van der Waals surface area contributed by atoms with Gasteiger partial charge < -0.3 is 9.84 Å². The average molecular weight is 292 g/mol. The van der Waals surface area contributed by atoms with Crippen LogP contribution in [-0.2, 0) is 0 Å². The van der Waals surface area contributed by atoms with Crippen LogP contribution in [0.2, 0.25) is 0 Å². The Morgan fingerprint density at radius 1 is 1.00 bits per heavy atom. The molecule has 0 aliphatic carbocycles. The highest BCUT2D eigenvalue weighted by Gasteiger charge is 2.11. The first-order chi connectivity index (χ1) is 9.82. The molecule has 1 unspecified atom stereocenters. The number of hydrogen-bond donors (Lipinski definition) is 1. The molecule has 0 aromatic heterocycles. The molecule has 0 spiro atoms. The van der Waals surface area contributed by atoms with E-state index >= 15 is 0 Å². The molecule has 0 aliphatic rings. The van der Waals surface area contributed by atoms with Gasteiger partial charge in [-0.3, -0.25) is 0 Å². The van der Waals surface area contributed by atoms with Crippen LogP contribution in [0.1, 0.15) is 63.1 Å². The highest BCUT2D eigenvalue weighted by atomic mass is 16.5. The standard InChI is InChI=1S/C19H32O2/c1-13(2)8-7-9-14(3)10-11-21-19-15(4)12-18(20)16(5)17(19)6/h12-14,20H,7-11H2,1-6H3. The van der Waals surface area contributed by atoms with Crippen LogP contribution in [0, 0.1) is 32.6 Å². The molecule has 0 fully saturated rings. The second-order valence-corrected chi connectivity index (χ2v) is 6.86.